The fourth-order valence-electron chi connectivity index (χ4n) is 2.85. The molecule has 128 valence electrons. The minimum atomic E-state index is -0.253. The van der Waals surface area contributed by atoms with Gasteiger partial charge in [-0.15, -0.1) is 0 Å². The molecule has 0 fully saturated rings. The fraction of sp³-hybridized carbons (Fsp3) is 0.250. The highest BCUT2D eigenvalue weighted by molar-refractivity contribution is 7.71. The van der Waals surface area contributed by atoms with Crippen molar-refractivity contribution in [3.05, 3.63) is 51.5 Å². The van der Waals surface area contributed by atoms with Crippen LogP contribution >= 0.6 is 12.2 Å². The van der Waals surface area contributed by atoms with Crippen LogP contribution in [0.4, 0.5) is 0 Å². The zero-order valence-electron chi connectivity index (χ0n) is 13.5. The standard InChI is InChI=1S/C16H17N7OS/c1-9(17-6-12-20-10-4-2-3-5-11(10)21-12)7-23-14-13(18-8-19-14)15(24)22-16(23)25/h2-5,8-9,17H,6-7H2,1H3,(H,18,19)(H,20,21)(H,22,24,25). The number of para-hydroxylation sites is 2. The molecule has 1 aromatic carbocycles. The first-order valence-electron chi connectivity index (χ1n) is 7.95. The van der Waals surface area contributed by atoms with Crippen LogP contribution in [-0.4, -0.2) is 35.5 Å². The zero-order valence-corrected chi connectivity index (χ0v) is 14.4. The summed E-state index contributed by atoms with van der Waals surface area (Å²) in [5, 5.41) is 3.42. The summed E-state index contributed by atoms with van der Waals surface area (Å²) in [6.07, 6.45) is 1.50. The second-order valence-corrected chi connectivity index (χ2v) is 6.34. The third kappa shape index (κ3) is 2.99. The molecule has 25 heavy (non-hydrogen) atoms. The Hall–Kier alpha value is -2.78. The van der Waals surface area contributed by atoms with Crippen LogP contribution in [0.1, 0.15) is 12.7 Å². The summed E-state index contributed by atoms with van der Waals surface area (Å²) in [6.45, 7) is 3.24. The van der Waals surface area contributed by atoms with E-state index in [9.17, 15) is 4.79 Å². The Morgan fingerprint density at radius 1 is 1.32 bits per heavy atom. The van der Waals surface area contributed by atoms with Gasteiger partial charge in [0.25, 0.3) is 5.56 Å². The van der Waals surface area contributed by atoms with Gasteiger partial charge < -0.3 is 15.3 Å². The quantitative estimate of drug-likeness (QED) is 0.409. The first-order valence-corrected chi connectivity index (χ1v) is 8.36. The Kier molecular flexibility index (Phi) is 3.94. The maximum absolute atomic E-state index is 11.9. The van der Waals surface area contributed by atoms with E-state index in [-0.39, 0.29) is 11.6 Å². The van der Waals surface area contributed by atoms with Crippen molar-refractivity contribution < 1.29 is 0 Å². The van der Waals surface area contributed by atoms with E-state index in [2.05, 4.69) is 30.2 Å². The lowest BCUT2D eigenvalue weighted by Crippen LogP contribution is -2.31. The van der Waals surface area contributed by atoms with E-state index in [4.69, 9.17) is 12.2 Å². The number of aromatic amines is 3. The summed E-state index contributed by atoms with van der Waals surface area (Å²) >= 11 is 5.28. The van der Waals surface area contributed by atoms with Gasteiger partial charge in [0.1, 0.15) is 11.3 Å². The third-order valence-electron chi connectivity index (χ3n) is 4.08. The number of hydrogen-bond donors (Lipinski definition) is 4. The van der Waals surface area contributed by atoms with Crippen molar-refractivity contribution in [1.29, 1.82) is 0 Å². The molecule has 4 N–H and O–H groups in total. The predicted molar refractivity (Wildman–Crippen MR) is 97.9 cm³/mol. The van der Waals surface area contributed by atoms with E-state index in [0.717, 1.165) is 16.9 Å². The summed E-state index contributed by atoms with van der Waals surface area (Å²) in [7, 11) is 0. The topological polar surface area (TPSA) is 107 Å². The first kappa shape index (κ1) is 15.7. The van der Waals surface area contributed by atoms with Gasteiger partial charge in [-0.2, -0.15) is 0 Å². The van der Waals surface area contributed by atoms with E-state index in [1.807, 2.05) is 35.8 Å². The van der Waals surface area contributed by atoms with Crippen LogP contribution in [0, 0.1) is 4.77 Å². The second kappa shape index (κ2) is 6.26. The Morgan fingerprint density at radius 3 is 3.00 bits per heavy atom. The van der Waals surface area contributed by atoms with Crippen LogP contribution in [0.25, 0.3) is 22.2 Å². The molecule has 9 heteroatoms. The highest BCUT2D eigenvalue weighted by Gasteiger charge is 2.11. The van der Waals surface area contributed by atoms with E-state index < -0.39 is 0 Å². The van der Waals surface area contributed by atoms with E-state index in [0.29, 0.717) is 29.0 Å². The molecule has 1 atom stereocenters. The Bertz CT molecular complexity index is 1120. The van der Waals surface area contributed by atoms with Gasteiger partial charge in [-0.05, 0) is 31.3 Å². The molecule has 8 nitrogen and oxygen atoms in total. The van der Waals surface area contributed by atoms with Crippen molar-refractivity contribution in [2.45, 2.75) is 26.1 Å². The molecule has 0 saturated heterocycles. The Labute approximate surface area is 147 Å². The zero-order chi connectivity index (χ0) is 17.4. The number of rotatable bonds is 5. The van der Waals surface area contributed by atoms with Crippen molar-refractivity contribution in [3.8, 4) is 0 Å². The average Bonchev–Trinajstić information content (AvgIpc) is 3.23. The molecule has 0 spiro atoms. The SMILES string of the molecule is CC(Cn1c(=S)[nH]c(=O)c2[nH]cnc21)NCc1nc2ccccc2[nH]1. The number of H-pyrrole nitrogens is 3. The molecule has 0 aliphatic carbocycles. The maximum atomic E-state index is 11.9. The van der Waals surface area contributed by atoms with Gasteiger partial charge in [0, 0.05) is 12.6 Å². The van der Waals surface area contributed by atoms with Gasteiger partial charge in [-0.3, -0.25) is 14.3 Å². The summed E-state index contributed by atoms with van der Waals surface area (Å²) in [5.74, 6) is 0.878. The molecule has 0 saturated carbocycles. The van der Waals surface area contributed by atoms with Gasteiger partial charge >= 0.3 is 0 Å². The van der Waals surface area contributed by atoms with Crippen molar-refractivity contribution in [2.75, 3.05) is 0 Å². The molecular formula is C16H17N7OS. The number of nitrogens with one attached hydrogen (secondary N) is 4. The maximum Gasteiger partial charge on any atom is 0.277 e. The van der Waals surface area contributed by atoms with Crippen molar-refractivity contribution in [2.24, 2.45) is 0 Å². The van der Waals surface area contributed by atoms with Crippen molar-refractivity contribution in [1.82, 2.24) is 34.8 Å². The Morgan fingerprint density at radius 2 is 2.16 bits per heavy atom. The molecule has 3 heterocycles. The van der Waals surface area contributed by atoms with E-state index in [1.165, 1.54) is 6.33 Å². The number of fused-ring (bicyclic) bond motifs is 2. The largest absolute Gasteiger partial charge is 0.341 e. The van der Waals surface area contributed by atoms with Crippen LogP contribution in [0.3, 0.4) is 0 Å². The molecule has 4 rings (SSSR count). The van der Waals surface area contributed by atoms with Crippen LogP contribution in [-0.2, 0) is 13.1 Å². The summed E-state index contributed by atoms with van der Waals surface area (Å²) in [4.78, 5) is 29.4. The van der Waals surface area contributed by atoms with Crippen LogP contribution in [0.5, 0.6) is 0 Å². The average molecular weight is 355 g/mol. The highest BCUT2D eigenvalue weighted by atomic mass is 32.1. The minimum absolute atomic E-state index is 0.103. The summed E-state index contributed by atoms with van der Waals surface area (Å²) < 4.78 is 2.18. The Balaban J connectivity index is 1.51. The van der Waals surface area contributed by atoms with E-state index >= 15 is 0 Å². The minimum Gasteiger partial charge on any atom is -0.341 e. The summed E-state index contributed by atoms with van der Waals surface area (Å²) in [6, 6.07) is 8.03. The van der Waals surface area contributed by atoms with Crippen LogP contribution in [0.2, 0.25) is 0 Å². The highest BCUT2D eigenvalue weighted by Crippen LogP contribution is 2.10. The number of hydrogen-bond acceptors (Lipinski definition) is 5. The number of benzene rings is 1. The predicted octanol–water partition coefficient (Wildman–Crippen LogP) is 1.84. The molecule has 0 radical (unpaired) electrons. The van der Waals surface area contributed by atoms with Gasteiger partial charge in [-0.25, -0.2) is 9.97 Å². The van der Waals surface area contributed by atoms with E-state index in [1.54, 1.807) is 0 Å². The second-order valence-electron chi connectivity index (χ2n) is 5.95. The number of nitrogens with zero attached hydrogens (tertiary/aromatic N) is 3. The number of imidazole rings is 2. The van der Waals surface area contributed by atoms with Gasteiger partial charge in [-0.1, -0.05) is 12.1 Å². The molecule has 0 aliphatic rings. The monoisotopic (exact) mass is 355 g/mol. The van der Waals surface area contributed by atoms with Crippen LogP contribution < -0.4 is 10.9 Å². The van der Waals surface area contributed by atoms with Crippen LogP contribution in [0.15, 0.2) is 35.4 Å². The lowest BCUT2D eigenvalue weighted by atomic mass is 10.3. The fourth-order valence-corrected chi connectivity index (χ4v) is 3.10. The normalized spacial score (nSPS) is 12.8. The molecule has 1 unspecified atom stereocenters. The van der Waals surface area contributed by atoms with Gasteiger partial charge in [0.05, 0.1) is 23.9 Å². The summed E-state index contributed by atoms with van der Waals surface area (Å²) in [5.41, 5.74) is 2.71. The molecule has 0 bridgehead atoms. The molecule has 0 amide bonds. The van der Waals surface area contributed by atoms with Crippen molar-refractivity contribution >= 4 is 34.4 Å². The van der Waals surface area contributed by atoms with Gasteiger partial charge in [0.15, 0.2) is 10.4 Å². The molecule has 4 aromatic rings. The smallest absolute Gasteiger partial charge is 0.277 e. The van der Waals surface area contributed by atoms with Gasteiger partial charge in [0.2, 0.25) is 0 Å². The molecule has 0 aliphatic heterocycles. The number of aromatic nitrogens is 6. The third-order valence-corrected chi connectivity index (χ3v) is 4.40. The molecule has 3 aromatic heterocycles. The lowest BCUT2D eigenvalue weighted by Gasteiger charge is -2.15. The lowest BCUT2D eigenvalue weighted by molar-refractivity contribution is 0.470. The first-order chi connectivity index (χ1) is 12.1. The van der Waals surface area contributed by atoms with Crippen molar-refractivity contribution in [3.63, 3.8) is 0 Å². The molecular weight excluding hydrogens is 338 g/mol.